The smallest absolute Gasteiger partial charge is 0.223 e. The maximum Gasteiger partial charge on any atom is 0.223 e. The van der Waals surface area contributed by atoms with Gasteiger partial charge in [-0.15, -0.1) is 0 Å². The van der Waals surface area contributed by atoms with Gasteiger partial charge in [0.05, 0.1) is 0 Å². The fourth-order valence-corrected chi connectivity index (χ4v) is 4.93. The Labute approximate surface area is 232 Å². The van der Waals surface area contributed by atoms with E-state index in [1.54, 1.807) is 0 Å². The summed E-state index contributed by atoms with van der Waals surface area (Å²) >= 11 is 0. The molecule has 0 aliphatic carbocycles. The van der Waals surface area contributed by atoms with E-state index in [0.29, 0.717) is 52.1 Å². The Morgan fingerprint density at radius 3 is 1.62 bits per heavy atom. The number of carbonyl (C=O) groups is 2. The number of aromatic nitrogens is 2. The summed E-state index contributed by atoms with van der Waals surface area (Å²) in [4.78, 5) is 39.4. The van der Waals surface area contributed by atoms with Crippen molar-refractivity contribution < 1.29 is 9.59 Å². The molecule has 1 N–H and O–H groups in total. The van der Waals surface area contributed by atoms with Crippen LogP contribution in [0.5, 0.6) is 0 Å². The molecule has 1 aliphatic heterocycles. The van der Waals surface area contributed by atoms with Gasteiger partial charge in [0.1, 0.15) is 0 Å². The molecule has 2 aromatic heterocycles. The molecule has 7 heteroatoms. The number of nitrogens with one attached hydrogen (secondary N) is 1. The lowest BCUT2D eigenvalue weighted by Gasteiger charge is -2.26. The first-order chi connectivity index (χ1) is 18.7. The monoisotopic (exact) mass is 527 g/mol. The van der Waals surface area contributed by atoms with Gasteiger partial charge in [-0.1, -0.05) is 52.0 Å². The molecule has 206 valence electrons. The van der Waals surface area contributed by atoms with E-state index in [2.05, 4.69) is 79.4 Å². The number of rotatable bonds is 4. The van der Waals surface area contributed by atoms with Crippen LogP contribution in [-0.2, 0) is 48.9 Å². The molecule has 4 rings (SSSR count). The normalized spacial score (nSPS) is 14.7. The minimum absolute atomic E-state index is 0.112. The maximum atomic E-state index is 13.3. The molecule has 3 heterocycles. The third-order valence-electron chi connectivity index (χ3n) is 6.72. The van der Waals surface area contributed by atoms with Crippen LogP contribution in [0.1, 0.15) is 73.9 Å². The molecule has 2 amide bonds. The lowest BCUT2D eigenvalue weighted by atomic mass is 10.1. The summed E-state index contributed by atoms with van der Waals surface area (Å²) in [6.07, 6.45) is 8.34. The number of carbonyl (C=O) groups excluding carboxylic acids is 2. The highest BCUT2D eigenvalue weighted by atomic mass is 16.2. The fourth-order valence-electron chi connectivity index (χ4n) is 4.93. The molecular formula is C32H41N5O2. The van der Waals surface area contributed by atoms with E-state index in [-0.39, 0.29) is 23.7 Å². The largest absolute Gasteiger partial charge is 0.334 e. The van der Waals surface area contributed by atoms with Crippen molar-refractivity contribution in [2.75, 3.05) is 0 Å². The van der Waals surface area contributed by atoms with Crippen LogP contribution in [0.2, 0.25) is 0 Å². The first kappa shape index (κ1) is 28.4. The predicted octanol–water partition coefficient (Wildman–Crippen LogP) is 5.23. The lowest BCUT2D eigenvalue weighted by molar-refractivity contribution is -0.134. The highest BCUT2D eigenvalue weighted by Gasteiger charge is 2.19. The van der Waals surface area contributed by atoms with E-state index < -0.39 is 0 Å². The summed E-state index contributed by atoms with van der Waals surface area (Å²) in [6, 6.07) is 12.6. The van der Waals surface area contributed by atoms with Gasteiger partial charge in [-0.3, -0.25) is 19.6 Å². The van der Waals surface area contributed by atoms with Crippen LogP contribution in [0.3, 0.4) is 0 Å². The molecule has 0 saturated heterocycles. The number of amides is 2. The van der Waals surface area contributed by atoms with Crippen LogP contribution in [0, 0.1) is 11.8 Å². The molecule has 0 atom stereocenters. The molecule has 0 unspecified atom stereocenters. The van der Waals surface area contributed by atoms with Gasteiger partial charge in [0, 0.05) is 76.9 Å². The van der Waals surface area contributed by atoms with E-state index in [1.165, 1.54) is 5.56 Å². The van der Waals surface area contributed by atoms with E-state index in [1.807, 2.05) is 34.6 Å². The molecule has 1 aromatic carbocycles. The molecule has 0 radical (unpaired) electrons. The SMILES string of the molecule is CC(C)CC(=O)N1Cc2cccc(c2)CNCc2cncc(c2)CN(C(=O)CC(C)C)Cc2cncc(c2)C1. The van der Waals surface area contributed by atoms with E-state index in [4.69, 9.17) is 0 Å². The molecule has 0 saturated carbocycles. The molecule has 3 aromatic rings. The molecule has 1 aliphatic rings. The Morgan fingerprint density at radius 2 is 1.08 bits per heavy atom. The van der Waals surface area contributed by atoms with Crippen molar-refractivity contribution >= 4 is 11.8 Å². The molecule has 6 bridgehead atoms. The number of pyridine rings is 2. The topological polar surface area (TPSA) is 78.4 Å². The predicted molar refractivity (Wildman–Crippen MR) is 153 cm³/mol. The number of nitrogens with zero attached hydrogens (tertiary/aromatic N) is 4. The van der Waals surface area contributed by atoms with Gasteiger partial charge in [-0.2, -0.15) is 0 Å². The van der Waals surface area contributed by atoms with E-state index in [0.717, 1.165) is 27.8 Å². The van der Waals surface area contributed by atoms with Crippen LogP contribution >= 0.6 is 0 Å². The second-order valence-corrected chi connectivity index (χ2v) is 11.5. The van der Waals surface area contributed by atoms with Gasteiger partial charge in [-0.05, 0) is 57.3 Å². The van der Waals surface area contributed by atoms with Crippen LogP contribution in [0.25, 0.3) is 0 Å². The molecule has 0 spiro atoms. The molecule has 39 heavy (non-hydrogen) atoms. The zero-order valence-electron chi connectivity index (χ0n) is 23.7. The minimum atomic E-state index is 0.112. The third-order valence-corrected chi connectivity index (χ3v) is 6.72. The first-order valence-electron chi connectivity index (χ1n) is 13.9. The summed E-state index contributed by atoms with van der Waals surface area (Å²) in [5.41, 5.74) is 6.27. The number of hydrogen-bond donors (Lipinski definition) is 1. The van der Waals surface area contributed by atoms with Gasteiger partial charge in [0.25, 0.3) is 0 Å². The quantitative estimate of drug-likeness (QED) is 0.503. The van der Waals surface area contributed by atoms with Gasteiger partial charge in [0.15, 0.2) is 0 Å². The van der Waals surface area contributed by atoms with Gasteiger partial charge in [0.2, 0.25) is 11.8 Å². The second-order valence-electron chi connectivity index (χ2n) is 11.5. The number of fused-ring (bicyclic) bond motifs is 6. The Bertz CT molecular complexity index is 1180. The summed E-state index contributed by atoms with van der Waals surface area (Å²) in [6.45, 7) is 11.6. The molecule has 0 fully saturated rings. The van der Waals surface area contributed by atoms with Crippen LogP contribution < -0.4 is 5.32 Å². The fraction of sp³-hybridized carbons (Fsp3) is 0.438. The standard InChI is InChI=1S/C32H41N5O2/c1-23(2)8-31(38)36-19-26-7-5-6-25(10-26)13-33-14-27-11-28(16-34-15-27)20-37(32(39)9-24(3)4)22-30-12-29(21-36)17-35-18-30/h5-7,10-12,15-18,23-24,33H,8-9,13-14,19-22H2,1-4H3. The summed E-state index contributed by atoms with van der Waals surface area (Å²) in [5.74, 6) is 0.785. The molecular weight excluding hydrogens is 486 g/mol. The van der Waals surface area contributed by atoms with Crippen LogP contribution in [-0.4, -0.2) is 31.6 Å². The van der Waals surface area contributed by atoms with Crippen molar-refractivity contribution in [3.05, 3.63) is 94.6 Å². The number of benzene rings is 1. The minimum Gasteiger partial charge on any atom is -0.334 e. The average Bonchev–Trinajstić information content (AvgIpc) is 2.87. The summed E-state index contributed by atoms with van der Waals surface area (Å²) in [5, 5.41) is 3.52. The Balaban J connectivity index is 1.69. The van der Waals surface area contributed by atoms with Gasteiger partial charge in [-0.25, -0.2) is 0 Å². The highest BCUT2D eigenvalue weighted by molar-refractivity contribution is 5.77. The Hall–Kier alpha value is -3.58. The first-order valence-corrected chi connectivity index (χ1v) is 13.9. The Kier molecular flexibility index (Phi) is 9.82. The zero-order valence-corrected chi connectivity index (χ0v) is 23.7. The van der Waals surface area contributed by atoms with Crippen LogP contribution in [0.15, 0.2) is 61.2 Å². The van der Waals surface area contributed by atoms with Crippen LogP contribution in [0.4, 0.5) is 0 Å². The van der Waals surface area contributed by atoms with Crippen molar-refractivity contribution in [3.8, 4) is 0 Å². The number of hydrogen-bond acceptors (Lipinski definition) is 5. The Morgan fingerprint density at radius 1 is 0.667 bits per heavy atom. The van der Waals surface area contributed by atoms with Crippen molar-refractivity contribution in [2.24, 2.45) is 11.8 Å². The lowest BCUT2D eigenvalue weighted by Crippen LogP contribution is -2.32. The summed E-state index contributed by atoms with van der Waals surface area (Å²) in [7, 11) is 0. The van der Waals surface area contributed by atoms with Crippen molar-refractivity contribution in [2.45, 2.75) is 79.8 Å². The van der Waals surface area contributed by atoms with Crippen molar-refractivity contribution in [3.63, 3.8) is 0 Å². The third kappa shape index (κ3) is 8.72. The summed E-state index contributed by atoms with van der Waals surface area (Å²) < 4.78 is 0. The second kappa shape index (κ2) is 13.5. The highest BCUT2D eigenvalue weighted by Crippen LogP contribution is 2.19. The zero-order chi connectivity index (χ0) is 27.8. The van der Waals surface area contributed by atoms with Gasteiger partial charge < -0.3 is 15.1 Å². The van der Waals surface area contributed by atoms with E-state index in [9.17, 15) is 9.59 Å². The maximum absolute atomic E-state index is 13.3. The van der Waals surface area contributed by atoms with E-state index >= 15 is 0 Å². The van der Waals surface area contributed by atoms with Crippen molar-refractivity contribution in [1.82, 2.24) is 25.1 Å². The average molecular weight is 528 g/mol. The van der Waals surface area contributed by atoms with Gasteiger partial charge >= 0.3 is 0 Å². The molecule has 7 nitrogen and oxygen atoms in total. The van der Waals surface area contributed by atoms with Crippen molar-refractivity contribution in [1.29, 1.82) is 0 Å².